The van der Waals surface area contributed by atoms with Gasteiger partial charge in [-0.2, -0.15) is 11.3 Å². The molecular formula is C42H45FIrN2SSi-2. The fourth-order valence-corrected chi connectivity index (χ4v) is 9.55. The minimum Gasteiger partial charge on any atom is -0.305 e. The fraction of sp³-hybridized carbons (Fsp3) is 0.333. The van der Waals surface area contributed by atoms with E-state index >= 15 is 0 Å². The molecule has 3 aromatic carbocycles. The first-order valence-corrected chi connectivity index (χ1v) is 21.1. The SMILES string of the molecule is [2H]C([2H])([2H])c1c[c-]c(-c2cc(CC(C)C)c([Si](C)(C)C)cn2)c(F)c1.[Ir].[c-]1ccc2c(sc3ccccc32)c1-c1cc(CC2CCCC2)ccn1. The third-order valence-corrected chi connectivity index (χ3v) is 12.3. The van der Waals surface area contributed by atoms with Crippen LogP contribution in [0.1, 0.15) is 60.3 Å². The third kappa shape index (κ3) is 8.39. The summed E-state index contributed by atoms with van der Waals surface area (Å²) < 4.78 is 39.3. The number of benzene rings is 3. The van der Waals surface area contributed by atoms with E-state index in [1.165, 1.54) is 74.7 Å². The Morgan fingerprint density at radius 3 is 2.46 bits per heavy atom. The molecule has 0 amide bonds. The predicted molar refractivity (Wildman–Crippen MR) is 202 cm³/mol. The third-order valence-electron chi connectivity index (χ3n) is 8.99. The number of thiophene rings is 1. The zero-order valence-corrected chi connectivity index (χ0v) is 32.6. The number of fused-ring (bicyclic) bond motifs is 3. The van der Waals surface area contributed by atoms with E-state index < -0.39 is 20.7 Å². The minimum absolute atomic E-state index is 0. The minimum atomic E-state index is -2.34. The Hall–Kier alpha value is -3.02. The Morgan fingerprint density at radius 2 is 1.73 bits per heavy atom. The van der Waals surface area contributed by atoms with Crippen LogP contribution in [0.2, 0.25) is 19.6 Å². The normalized spacial score (nSPS) is 14.7. The van der Waals surface area contributed by atoms with E-state index in [1.807, 2.05) is 35.9 Å². The van der Waals surface area contributed by atoms with Crippen LogP contribution in [0.5, 0.6) is 0 Å². The Kier molecular flexibility index (Phi) is 10.5. The van der Waals surface area contributed by atoms with Crippen LogP contribution in [0.25, 0.3) is 42.7 Å². The Labute approximate surface area is 308 Å². The van der Waals surface area contributed by atoms with Gasteiger partial charge in [-0.3, -0.25) is 4.39 Å². The molecule has 0 atom stereocenters. The molecule has 0 unspecified atom stereocenters. The molecule has 0 aliphatic heterocycles. The molecule has 2 nitrogen and oxygen atoms in total. The van der Waals surface area contributed by atoms with Gasteiger partial charge in [0.1, 0.15) is 0 Å². The molecule has 3 heterocycles. The standard InChI is InChI=1S/C23H20NS.C19H25FNSi.Ir/c1-2-7-16(6-1)14-17-12-13-24-21(15-17)20-10-5-9-19-18-8-3-4-11-22(18)25-23(19)20;1-13(2)9-15-11-18(21-12-19(15)22(4,5)6)16-8-7-14(3)10-17(16)20;/h3-5,8-9,11-13,15-16H,1-2,6-7,14H2;7,10-13H,9H2,1-6H3;/q2*-1;/i;3D3;. The number of halogens is 1. The van der Waals surface area contributed by atoms with Crippen LogP contribution in [-0.4, -0.2) is 18.0 Å². The number of nitrogens with zero attached hydrogens (tertiary/aromatic N) is 2. The van der Waals surface area contributed by atoms with E-state index in [-0.39, 0.29) is 31.2 Å². The van der Waals surface area contributed by atoms with Gasteiger partial charge in [-0.1, -0.05) is 118 Å². The van der Waals surface area contributed by atoms with Gasteiger partial charge in [0.2, 0.25) is 0 Å². The van der Waals surface area contributed by atoms with Crippen molar-refractivity contribution in [2.75, 3.05) is 0 Å². The predicted octanol–water partition coefficient (Wildman–Crippen LogP) is 11.4. The van der Waals surface area contributed by atoms with Crippen molar-refractivity contribution in [1.29, 1.82) is 0 Å². The molecule has 48 heavy (non-hydrogen) atoms. The van der Waals surface area contributed by atoms with Gasteiger partial charge in [0, 0.05) is 47.1 Å². The maximum absolute atomic E-state index is 14.5. The Morgan fingerprint density at radius 1 is 0.958 bits per heavy atom. The summed E-state index contributed by atoms with van der Waals surface area (Å²) in [6, 6.07) is 27.9. The van der Waals surface area contributed by atoms with Gasteiger partial charge >= 0.3 is 0 Å². The van der Waals surface area contributed by atoms with Crippen LogP contribution in [-0.2, 0) is 32.9 Å². The van der Waals surface area contributed by atoms with Crippen molar-refractivity contribution < 1.29 is 28.6 Å². The van der Waals surface area contributed by atoms with Crippen molar-refractivity contribution in [3.8, 4) is 22.5 Å². The molecular weight excluding hydrogens is 804 g/mol. The molecule has 1 aliphatic carbocycles. The van der Waals surface area contributed by atoms with Crippen LogP contribution >= 0.6 is 11.3 Å². The molecule has 1 saturated carbocycles. The van der Waals surface area contributed by atoms with Gasteiger partial charge in [0.05, 0.1) is 8.07 Å². The van der Waals surface area contributed by atoms with Gasteiger partial charge < -0.3 is 9.97 Å². The zero-order valence-electron chi connectivity index (χ0n) is 31.4. The van der Waals surface area contributed by atoms with Crippen molar-refractivity contribution in [1.82, 2.24) is 9.97 Å². The summed E-state index contributed by atoms with van der Waals surface area (Å²) in [7, 11) is -1.56. The van der Waals surface area contributed by atoms with Crippen LogP contribution in [0.15, 0.2) is 79.1 Å². The van der Waals surface area contributed by atoms with Crippen molar-refractivity contribution in [2.24, 2.45) is 11.8 Å². The maximum Gasteiger partial charge on any atom is 0.0798 e. The largest absolute Gasteiger partial charge is 0.305 e. The molecule has 6 heteroatoms. The van der Waals surface area contributed by atoms with Crippen LogP contribution in [0, 0.1) is 36.6 Å². The first-order valence-electron chi connectivity index (χ1n) is 18.3. The quantitative estimate of drug-likeness (QED) is 0.118. The Balaban J connectivity index is 0.000000194. The van der Waals surface area contributed by atoms with E-state index in [9.17, 15) is 4.39 Å². The van der Waals surface area contributed by atoms with Crippen molar-refractivity contribution in [3.63, 3.8) is 0 Å². The summed E-state index contributed by atoms with van der Waals surface area (Å²) in [5.74, 6) is 0.744. The van der Waals surface area contributed by atoms with Gasteiger partial charge in [-0.05, 0) is 63.5 Å². The van der Waals surface area contributed by atoms with E-state index in [4.69, 9.17) is 4.11 Å². The number of rotatable bonds is 7. The summed E-state index contributed by atoms with van der Waals surface area (Å²) in [5.41, 5.74) is 5.51. The molecule has 0 saturated heterocycles. The summed E-state index contributed by atoms with van der Waals surface area (Å²) in [6.45, 7) is 8.79. The van der Waals surface area contributed by atoms with Gasteiger partial charge in [-0.15, -0.1) is 47.5 Å². The van der Waals surface area contributed by atoms with Crippen LogP contribution in [0.3, 0.4) is 0 Å². The molecule has 251 valence electrons. The van der Waals surface area contributed by atoms with Gasteiger partial charge in [0.15, 0.2) is 0 Å². The smallest absolute Gasteiger partial charge is 0.0798 e. The number of aryl methyl sites for hydroxylation is 1. The zero-order chi connectivity index (χ0) is 35.6. The van der Waals surface area contributed by atoms with Crippen LogP contribution in [0.4, 0.5) is 4.39 Å². The van der Waals surface area contributed by atoms with E-state index in [0.29, 0.717) is 11.6 Å². The number of pyridine rings is 2. The fourth-order valence-electron chi connectivity index (χ4n) is 6.75. The molecule has 7 rings (SSSR count). The first-order chi connectivity index (χ1) is 23.8. The number of hydrogen-bond acceptors (Lipinski definition) is 3. The molecule has 1 aliphatic rings. The van der Waals surface area contributed by atoms with Gasteiger partial charge in [0.25, 0.3) is 0 Å². The van der Waals surface area contributed by atoms with E-state index in [1.54, 1.807) is 0 Å². The maximum atomic E-state index is 14.5. The summed E-state index contributed by atoms with van der Waals surface area (Å²) in [5, 5.41) is 3.93. The van der Waals surface area contributed by atoms with E-state index in [2.05, 4.69) is 98.1 Å². The molecule has 3 aromatic heterocycles. The summed E-state index contributed by atoms with van der Waals surface area (Å²) >= 11 is 1.85. The molecule has 1 radical (unpaired) electrons. The first kappa shape index (κ1) is 32.2. The summed E-state index contributed by atoms with van der Waals surface area (Å²) in [4.78, 5) is 9.14. The van der Waals surface area contributed by atoms with Crippen LogP contribution < -0.4 is 5.19 Å². The average molecular weight is 852 g/mol. The van der Waals surface area contributed by atoms with Crippen molar-refractivity contribution in [3.05, 3.63) is 114 Å². The van der Waals surface area contributed by atoms with E-state index in [0.717, 1.165) is 29.7 Å². The average Bonchev–Trinajstić information content (AvgIpc) is 3.72. The molecule has 0 N–H and O–H groups in total. The second-order valence-electron chi connectivity index (χ2n) is 14.3. The number of hydrogen-bond donors (Lipinski definition) is 0. The Bertz CT molecular complexity index is 2120. The monoisotopic (exact) mass is 852 g/mol. The molecule has 0 spiro atoms. The molecule has 0 bridgehead atoms. The second-order valence-corrected chi connectivity index (χ2v) is 20.4. The summed E-state index contributed by atoms with van der Waals surface area (Å²) in [6.07, 6.45) is 11.5. The molecule has 6 aromatic rings. The van der Waals surface area contributed by atoms with Crippen molar-refractivity contribution in [2.45, 2.75) is 78.9 Å². The van der Waals surface area contributed by atoms with Crippen molar-refractivity contribution >= 4 is 44.8 Å². The second kappa shape index (κ2) is 15.7. The molecule has 1 fully saturated rings. The number of aromatic nitrogens is 2. The van der Waals surface area contributed by atoms with Gasteiger partial charge in [-0.25, -0.2) is 0 Å². The topological polar surface area (TPSA) is 25.8 Å².